The molecule has 1 fully saturated rings. The normalized spacial score (nSPS) is 18.4. The van der Waals surface area contributed by atoms with Crippen LogP contribution in [0.1, 0.15) is 26.7 Å². The van der Waals surface area contributed by atoms with E-state index in [9.17, 15) is 13.6 Å². The fraction of sp³-hybridized carbons (Fsp3) is 0.889. The number of nitrogens with zero attached hydrogens (tertiary/aromatic N) is 1. The van der Waals surface area contributed by atoms with Crippen molar-refractivity contribution in [3.8, 4) is 0 Å². The molecule has 0 spiro atoms. The molecule has 0 aliphatic carbocycles. The van der Waals surface area contributed by atoms with Crippen LogP contribution in [0.4, 0.5) is 8.78 Å². The van der Waals surface area contributed by atoms with Crippen molar-refractivity contribution in [3.63, 3.8) is 0 Å². The fourth-order valence-electron chi connectivity index (χ4n) is 1.38. The van der Waals surface area contributed by atoms with Gasteiger partial charge in [-0.05, 0) is 12.8 Å². The highest BCUT2D eigenvalue weighted by Crippen LogP contribution is 2.27. The second-order valence-corrected chi connectivity index (χ2v) is 3.78. The maximum atomic E-state index is 13.2. The highest BCUT2D eigenvalue weighted by molar-refractivity contribution is 5.83. The van der Waals surface area contributed by atoms with E-state index in [4.69, 9.17) is 0 Å². The van der Waals surface area contributed by atoms with Gasteiger partial charge in [0.2, 0.25) is 0 Å². The monoisotopic (exact) mass is 191 g/mol. The van der Waals surface area contributed by atoms with E-state index in [0.29, 0.717) is 13.1 Å². The molecule has 2 nitrogen and oxygen atoms in total. The largest absolute Gasteiger partial charge is 0.337 e. The van der Waals surface area contributed by atoms with Crippen molar-refractivity contribution in [1.29, 1.82) is 0 Å². The molecule has 4 heteroatoms. The van der Waals surface area contributed by atoms with Crippen LogP contribution >= 0.6 is 0 Å². The number of halogens is 2. The molecule has 13 heavy (non-hydrogen) atoms. The molecule has 0 unspecified atom stereocenters. The van der Waals surface area contributed by atoms with Gasteiger partial charge in [-0.2, -0.15) is 8.78 Å². The molecule has 1 saturated heterocycles. The summed E-state index contributed by atoms with van der Waals surface area (Å²) in [7, 11) is 0. The van der Waals surface area contributed by atoms with Gasteiger partial charge in [0.25, 0.3) is 5.91 Å². The van der Waals surface area contributed by atoms with E-state index in [1.807, 2.05) is 0 Å². The number of likely N-dealkylation sites (tertiary alicyclic amines) is 1. The van der Waals surface area contributed by atoms with Crippen molar-refractivity contribution in [3.05, 3.63) is 0 Å². The first-order valence-corrected chi connectivity index (χ1v) is 4.63. The Balaban J connectivity index is 2.64. The number of rotatable bonds is 2. The summed E-state index contributed by atoms with van der Waals surface area (Å²) in [4.78, 5) is 12.5. The van der Waals surface area contributed by atoms with Gasteiger partial charge in [-0.15, -0.1) is 0 Å². The lowest BCUT2D eigenvalue weighted by Gasteiger charge is -2.25. The Morgan fingerprint density at radius 3 is 2.15 bits per heavy atom. The SMILES string of the molecule is CC(C)C(F)(F)C(=O)N1CCCC1. The van der Waals surface area contributed by atoms with E-state index < -0.39 is 17.7 Å². The molecule has 0 radical (unpaired) electrons. The third-order valence-electron chi connectivity index (χ3n) is 2.40. The van der Waals surface area contributed by atoms with Crippen LogP contribution in [0.5, 0.6) is 0 Å². The van der Waals surface area contributed by atoms with Crippen LogP contribution in [0.2, 0.25) is 0 Å². The van der Waals surface area contributed by atoms with Crippen molar-refractivity contribution < 1.29 is 13.6 Å². The van der Waals surface area contributed by atoms with Crippen LogP contribution in [0.25, 0.3) is 0 Å². The lowest BCUT2D eigenvalue weighted by atomic mass is 10.1. The lowest BCUT2D eigenvalue weighted by Crippen LogP contribution is -2.45. The number of hydrogen-bond donors (Lipinski definition) is 0. The molecular weight excluding hydrogens is 176 g/mol. The number of hydrogen-bond acceptors (Lipinski definition) is 1. The smallest absolute Gasteiger partial charge is 0.327 e. The van der Waals surface area contributed by atoms with Gasteiger partial charge in [0, 0.05) is 19.0 Å². The van der Waals surface area contributed by atoms with Crippen molar-refractivity contribution in [1.82, 2.24) is 4.90 Å². The summed E-state index contributed by atoms with van der Waals surface area (Å²) in [6.07, 6.45) is 1.69. The van der Waals surface area contributed by atoms with E-state index in [1.54, 1.807) is 0 Å². The van der Waals surface area contributed by atoms with Crippen molar-refractivity contribution >= 4 is 5.91 Å². The Morgan fingerprint density at radius 1 is 1.31 bits per heavy atom. The van der Waals surface area contributed by atoms with Gasteiger partial charge in [-0.3, -0.25) is 4.79 Å². The molecule has 0 aromatic carbocycles. The number of carbonyl (C=O) groups excluding carboxylic acids is 1. The average molecular weight is 191 g/mol. The quantitative estimate of drug-likeness (QED) is 0.652. The Kier molecular flexibility index (Phi) is 2.88. The Morgan fingerprint density at radius 2 is 1.77 bits per heavy atom. The van der Waals surface area contributed by atoms with E-state index in [-0.39, 0.29) is 0 Å². The maximum Gasteiger partial charge on any atom is 0.327 e. The van der Waals surface area contributed by atoms with Gasteiger partial charge in [-0.1, -0.05) is 13.8 Å². The standard InChI is InChI=1S/C9H15F2NO/c1-7(2)9(10,11)8(13)12-5-3-4-6-12/h7H,3-6H2,1-2H3. The Hall–Kier alpha value is -0.670. The molecule has 0 saturated carbocycles. The fourth-order valence-corrected chi connectivity index (χ4v) is 1.38. The summed E-state index contributed by atoms with van der Waals surface area (Å²) in [5.74, 6) is -5.11. The first-order chi connectivity index (χ1) is 5.96. The maximum absolute atomic E-state index is 13.2. The second kappa shape index (κ2) is 3.60. The summed E-state index contributed by atoms with van der Waals surface area (Å²) < 4.78 is 26.4. The highest BCUT2D eigenvalue weighted by atomic mass is 19.3. The molecule has 1 rings (SSSR count). The summed E-state index contributed by atoms with van der Waals surface area (Å²) in [6, 6.07) is 0. The van der Waals surface area contributed by atoms with Crippen LogP contribution in [-0.4, -0.2) is 29.8 Å². The van der Waals surface area contributed by atoms with Crippen LogP contribution < -0.4 is 0 Å². The zero-order chi connectivity index (χ0) is 10.1. The van der Waals surface area contributed by atoms with Gasteiger partial charge in [0.05, 0.1) is 0 Å². The number of amides is 1. The lowest BCUT2D eigenvalue weighted by molar-refractivity contribution is -0.162. The first kappa shape index (κ1) is 10.4. The van der Waals surface area contributed by atoms with Crippen molar-refractivity contribution in [2.75, 3.05) is 13.1 Å². The van der Waals surface area contributed by atoms with Gasteiger partial charge in [0.1, 0.15) is 0 Å². The molecule has 1 aliphatic heterocycles. The van der Waals surface area contributed by atoms with Gasteiger partial charge < -0.3 is 4.90 Å². The van der Waals surface area contributed by atoms with E-state index in [0.717, 1.165) is 12.8 Å². The van der Waals surface area contributed by atoms with Gasteiger partial charge in [0.15, 0.2) is 0 Å². The molecule has 76 valence electrons. The molecule has 0 bridgehead atoms. The summed E-state index contributed by atoms with van der Waals surface area (Å²) in [5, 5.41) is 0. The first-order valence-electron chi connectivity index (χ1n) is 4.63. The molecule has 0 aromatic heterocycles. The van der Waals surface area contributed by atoms with Gasteiger partial charge in [-0.25, -0.2) is 0 Å². The van der Waals surface area contributed by atoms with Crippen LogP contribution in [0, 0.1) is 5.92 Å². The topological polar surface area (TPSA) is 20.3 Å². The van der Waals surface area contributed by atoms with E-state index in [1.165, 1.54) is 18.7 Å². The van der Waals surface area contributed by atoms with E-state index in [2.05, 4.69) is 0 Å². The summed E-state index contributed by atoms with van der Waals surface area (Å²) >= 11 is 0. The number of alkyl halides is 2. The van der Waals surface area contributed by atoms with Crippen LogP contribution in [0.3, 0.4) is 0 Å². The third kappa shape index (κ3) is 1.98. The third-order valence-corrected chi connectivity index (χ3v) is 2.40. The summed E-state index contributed by atoms with van der Waals surface area (Å²) in [6.45, 7) is 3.71. The Bertz CT molecular complexity index is 198. The molecule has 1 amide bonds. The second-order valence-electron chi connectivity index (χ2n) is 3.78. The number of carbonyl (C=O) groups is 1. The van der Waals surface area contributed by atoms with E-state index >= 15 is 0 Å². The predicted molar refractivity (Wildman–Crippen MR) is 45.6 cm³/mol. The molecular formula is C9H15F2NO. The summed E-state index contributed by atoms with van der Waals surface area (Å²) in [5.41, 5.74) is 0. The highest BCUT2D eigenvalue weighted by Gasteiger charge is 2.45. The molecule has 0 N–H and O–H groups in total. The van der Waals surface area contributed by atoms with Gasteiger partial charge >= 0.3 is 5.92 Å². The minimum absolute atomic E-state index is 0.487. The zero-order valence-corrected chi connectivity index (χ0v) is 8.02. The van der Waals surface area contributed by atoms with Crippen LogP contribution in [-0.2, 0) is 4.79 Å². The minimum Gasteiger partial charge on any atom is -0.337 e. The zero-order valence-electron chi connectivity index (χ0n) is 8.02. The van der Waals surface area contributed by atoms with Crippen molar-refractivity contribution in [2.24, 2.45) is 5.92 Å². The minimum atomic E-state index is -3.19. The molecule has 1 aliphatic rings. The van der Waals surface area contributed by atoms with Crippen LogP contribution in [0.15, 0.2) is 0 Å². The molecule has 0 atom stereocenters. The average Bonchev–Trinajstić information content (AvgIpc) is 2.54. The molecule has 1 heterocycles. The predicted octanol–water partition coefficient (Wildman–Crippen LogP) is 1.90. The Labute approximate surface area is 76.9 Å². The van der Waals surface area contributed by atoms with Crippen molar-refractivity contribution in [2.45, 2.75) is 32.6 Å². The molecule has 0 aromatic rings.